The van der Waals surface area contributed by atoms with Crippen LogP contribution in [0.15, 0.2) is 36.5 Å². The van der Waals surface area contributed by atoms with Gasteiger partial charge in [-0.25, -0.2) is 0 Å². The molecule has 1 aliphatic heterocycles. The third-order valence-corrected chi connectivity index (χ3v) is 13.6. The lowest BCUT2D eigenvalue weighted by atomic mass is 9.49. The van der Waals surface area contributed by atoms with Crippen molar-refractivity contribution in [2.45, 2.75) is 103 Å². The summed E-state index contributed by atoms with van der Waals surface area (Å²) >= 11 is 0. The molecule has 1 spiro atoms. The van der Waals surface area contributed by atoms with E-state index in [9.17, 15) is 19.2 Å². The molecule has 10 heteroatoms. The van der Waals surface area contributed by atoms with Crippen LogP contribution in [0.3, 0.4) is 0 Å². The van der Waals surface area contributed by atoms with Gasteiger partial charge in [0.1, 0.15) is 11.7 Å². The van der Waals surface area contributed by atoms with Crippen molar-refractivity contribution in [3.8, 4) is 0 Å². The van der Waals surface area contributed by atoms with Gasteiger partial charge in [0.2, 0.25) is 17.7 Å². The Morgan fingerprint density at radius 2 is 1.65 bits per heavy atom. The Kier molecular flexibility index (Phi) is 8.46. The maximum Gasteiger partial charge on any atom is 0.270 e. The number of carbonyl (C=O) groups excluding carboxylic acids is 4. The Morgan fingerprint density at radius 3 is 2.16 bits per heavy atom. The number of hydrogen-bond acceptors (Lipinski definition) is 5. The van der Waals surface area contributed by atoms with Gasteiger partial charge in [0.05, 0.1) is 5.41 Å². The number of aryl methyl sites for hydroxylation is 1. The average Bonchev–Trinajstić information content (AvgIpc) is 3.58. The SMILES string of the molecule is CC(=O)N1CC2(CC(C(C)(C(=O)NCC3(C)CCC3)c3ccc(NC(=O)[C@@H](NC(=O)c4ccnn4C)C(C4CCC4)C4(C)CC4)cc3)C2)C1. The van der Waals surface area contributed by atoms with Crippen molar-refractivity contribution in [3.63, 3.8) is 0 Å². The van der Waals surface area contributed by atoms with Gasteiger partial charge in [-0.2, -0.15) is 5.10 Å². The van der Waals surface area contributed by atoms with Crippen molar-refractivity contribution in [2.75, 3.05) is 25.0 Å². The lowest BCUT2D eigenvalue weighted by molar-refractivity contribution is -0.160. The maximum absolute atomic E-state index is 14.2. The Morgan fingerprint density at radius 1 is 0.980 bits per heavy atom. The molecule has 4 amide bonds. The number of aromatic nitrogens is 2. The van der Waals surface area contributed by atoms with Crippen LogP contribution in [0.4, 0.5) is 5.69 Å². The minimum atomic E-state index is -0.736. The number of carbonyl (C=O) groups is 4. The molecule has 3 N–H and O–H groups in total. The van der Waals surface area contributed by atoms with Crippen LogP contribution in [0.25, 0.3) is 0 Å². The lowest BCUT2D eigenvalue weighted by Gasteiger charge is -2.62. The fourth-order valence-electron chi connectivity index (χ4n) is 9.45. The summed E-state index contributed by atoms with van der Waals surface area (Å²) < 4.78 is 1.54. The number of nitrogens with zero attached hydrogens (tertiary/aromatic N) is 3. The predicted molar refractivity (Wildman–Crippen MR) is 187 cm³/mol. The molecule has 1 aromatic carbocycles. The third-order valence-electron chi connectivity index (χ3n) is 13.6. The number of rotatable bonds is 12. The van der Waals surface area contributed by atoms with Gasteiger partial charge in [0, 0.05) is 50.9 Å². The number of likely N-dealkylation sites (tertiary alicyclic amines) is 1. The van der Waals surface area contributed by atoms with E-state index in [0.29, 0.717) is 23.8 Å². The van der Waals surface area contributed by atoms with Gasteiger partial charge in [-0.05, 0) is 97.8 Å². The second-order valence-electron chi connectivity index (χ2n) is 17.3. The zero-order valence-electron chi connectivity index (χ0n) is 29.9. The van der Waals surface area contributed by atoms with Crippen molar-refractivity contribution < 1.29 is 19.2 Å². The molecule has 0 bridgehead atoms. The molecule has 4 aliphatic carbocycles. The van der Waals surface area contributed by atoms with Gasteiger partial charge in [0.25, 0.3) is 5.91 Å². The van der Waals surface area contributed by atoms with Crippen LogP contribution < -0.4 is 16.0 Å². The first kappa shape index (κ1) is 33.8. The minimum absolute atomic E-state index is 0.0322. The molecule has 2 unspecified atom stereocenters. The summed E-state index contributed by atoms with van der Waals surface area (Å²) in [5, 5.41) is 13.8. The highest BCUT2D eigenvalue weighted by Gasteiger charge is 2.60. The topological polar surface area (TPSA) is 125 Å². The van der Waals surface area contributed by atoms with Gasteiger partial charge in [0.15, 0.2) is 0 Å². The second-order valence-corrected chi connectivity index (χ2v) is 17.3. The molecule has 264 valence electrons. The van der Waals surface area contributed by atoms with Crippen molar-refractivity contribution in [1.82, 2.24) is 25.3 Å². The minimum Gasteiger partial charge on any atom is -0.355 e. The van der Waals surface area contributed by atoms with Gasteiger partial charge < -0.3 is 20.9 Å². The summed E-state index contributed by atoms with van der Waals surface area (Å²) in [4.78, 5) is 55.5. The molecule has 7 rings (SSSR count). The van der Waals surface area contributed by atoms with E-state index in [1.807, 2.05) is 29.2 Å². The quantitative estimate of drug-likeness (QED) is 0.287. The summed E-state index contributed by atoms with van der Waals surface area (Å²) in [6.07, 6.45) is 12.3. The molecule has 3 atom stereocenters. The van der Waals surface area contributed by atoms with Gasteiger partial charge >= 0.3 is 0 Å². The molecule has 2 heterocycles. The van der Waals surface area contributed by atoms with E-state index in [0.717, 1.165) is 76.4 Å². The highest BCUT2D eigenvalue weighted by atomic mass is 16.2. The summed E-state index contributed by atoms with van der Waals surface area (Å²) in [5.74, 6) is 0.289. The summed E-state index contributed by atoms with van der Waals surface area (Å²) in [6, 6.07) is 8.78. The smallest absolute Gasteiger partial charge is 0.270 e. The van der Waals surface area contributed by atoms with Gasteiger partial charge in [-0.3, -0.25) is 23.9 Å². The molecule has 10 nitrogen and oxygen atoms in total. The highest BCUT2D eigenvalue weighted by Crippen LogP contribution is 2.59. The first-order valence-electron chi connectivity index (χ1n) is 18.5. The molecule has 5 aliphatic rings. The normalized spacial score (nSPS) is 24.1. The van der Waals surface area contributed by atoms with E-state index in [4.69, 9.17) is 0 Å². The third kappa shape index (κ3) is 6.18. The maximum atomic E-state index is 14.2. The number of nitrogens with one attached hydrogen (secondary N) is 3. The number of anilines is 1. The molecule has 1 aromatic heterocycles. The molecule has 0 radical (unpaired) electrons. The van der Waals surface area contributed by atoms with E-state index < -0.39 is 11.5 Å². The molecular formula is C39H54N6O4. The lowest BCUT2D eigenvalue weighted by Crippen LogP contribution is -2.67. The number of hydrogen-bond donors (Lipinski definition) is 3. The van der Waals surface area contributed by atoms with E-state index in [1.54, 1.807) is 26.2 Å². The van der Waals surface area contributed by atoms with Crippen molar-refractivity contribution in [3.05, 3.63) is 47.8 Å². The van der Waals surface area contributed by atoms with Crippen LogP contribution in [-0.4, -0.2) is 64.0 Å². The Hall–Kier alpha value is -3.69. The standard InChI is InChI=1S/C39H54N6O4/c1-25(46)45-23-39(24-45)20-28(21-39)38(4,35(49)40-22-36(2)15-7-16-36)27-10-12-29(13-11-27)42-34(48)32(43-33(47)30-14-19-41-44(30)5)31(26-8-6-9-26)37(3)17-18-37/h10-14,19,26,28,31-32H,6-9,15-18,20-24H2,1-5H3,(H,40,49)(H,42,48)(H,43,47)/t31?,32-,38?/m0/s1. The van der Waals surface area contributed by atoms with Crippen molar-refractivity contribution >= 4 is 29.3 Å². The van der Waals surface area contributed by atoms with E-state index in [-0.39, 0.29) is 51.7 Å². The molecule has 49 heavy (non-hydrogen) atoms. The fourth-order valence-corrected chi connectivity index (χ4v) is 9.45. The summed E-state index contributed by atoms with van der Waals surface area (Å²) in [5.41, 5.74) is 1.59. The average molecular weight is 671 g/mol. The van der Waals surface area contributed by atoms with Crippen molar-refractivity contribution in [2.24, 2.45) is 41.0 Å². The molecule has 2 aromatic rings. The Labute approximate surface area is 290 Å². The largest absolute Gasteiger partial charge is 0.355 e. The zero-order chi connectivity index (χ0) is 34.8. The summed E-state index contributed by atoms with van der Waals surface area (Å²) in [6.45, 7) is 10.4. The summed E-state index contributed by atoms with van der Waals surface area (Å²) in [7, 11) is 1.73. The Bertz CT molecular complexity index is 1610. The molecule has 1 saturated heterocycles. The van der Waals surface area contributed by atoms with Crippen LogP contribution in [0.1, 0.15) is 108 Å². The van der Waals surface area contributed by atoms with E-state index in [2.05, 4.69) is 41.8 Å². The van der Waals surface area contributed by atoms with Gasteiger partial charge in [-0.15, -0.1) is 0 Å². The highest BCUT2D eigenvalue weighted by molar-refractivity contribution is 6.01. The molecule has 4 saturated carbocycles. The second kappa shape index (κ2) is 12.3. The van der Waals surface area contributed by atoms with Crippen LogP contribution >= 0.6 is 0 Å². The predicted octanol–water partition coefficient (Wildman–Crippen LogP) is 5.20. The monoisotopic (exact) mass is 670 g/mol. The van der Waals surface area contributed by atoms with Crippen LogP contribution in [0.2, 0.25) is 0 Å². The van der Waals surface area contributed by atoms with E-state index >= 15 is 0 Å². The Balaban J connectivity index is 1.10. The number of amides is 4. The fraction of sp³-hybridized carbons (Fsp3) is 0.667. The molecular weight excluding hydrogens is 616 g/mol. The first-order chi connectivity index (χ1) is 23.2. The van der Waals surface area contributed by atoms with Crippen LogP contribution in [-0.2, 0) is 26.8 Å². The van der Waals surface area contributed by atoms with Crippen LogP contribution in [0.5, 0.6) is 0 Å². The molecule has 5 fully saturated rings. The zero-order valence-corrected chi connectivity index (χ0v) is 29.9. The van der Waals surface area contributed by atoms with Gasteiger partial charge in [-0.1, -0.05) is 51.7 Å². The van der Waals surface area contributed by atoms with Crippen molar-refractivity contribution in [1.29, 1.82) is 0 Å². The number of benzene rings is 1. The van der Waals surface area contributed by atoms with E-state index in [1.165, 1.54) is 11.1 Å². The van der Waals surface area contributed by atoms with Crippen LogP contribution in [0, 0.1) is 34.0 Å². The first-order valence-corrected chi connectivity index (χ1v) is 18.5.